The fourth-order valence-corrected chi connectivity index (χ4v) is 2.78. The number of benzene rings is 2. The number of halogens is 1. The summed E-state index contributed by atoms with van der Waals surface area (Å²) < 4.78 is 1.92. The molecule has 0 unspecified atom stereocenters. The van der Waals surface area contributed by atoms with Crippen LogP contribution in [0.1, 0.15) is 11.3 Å². The van der Waals surface area contributed by atoms with Gasteiger partial charge in [-0.25, -0.2) is 4.98 Å². The van der Waals surface area contributed by atoms with Gasteiger partial charge in [-0.2, -0.15) is 14.3 Å². The average molecular weight is 354 g/mol. The van der Waals surface area contributed by atoms with Crippen LogP contribution in [0, 0.1) is 0 Å². The van der Waals surface area contributed by atoms with E-state index in [-0.39, 0.29) is 23.5 Å². The monoisotopic (exact) mass is 353 g/mol. The van der Waals surface area contributed by atoms with Crippen LogP contribution in [0.5, 0.6) is 0 Å². The summed E-state index contributed by atoms with van der Waals surface area (Å²) in [7, 11) is 0. The molecule has 8 heteroatoms. The summed E-state index contributed by atoms with van der Waals surface area (Å²) in [6.45, 7) is 0. The second-order valence-electron chi connectivity index (χ2n) is 5.57. The summed E-state index contributed by atoms with van der Waals surface area (Å²) in [4.78, 5) is 29.4. The fourth-order valence-electron chi connectivity index (χ4n) is 2.66. The molecule has 4 aromatic rings. The number of nitrogen functional groups attached to an aromatic ring is 1. The molecule has 0 aliphatic carbocycles. The summed E-state index contributed by atoms with van der Waals surface area (Å²) in [5.41, 5.74) is 0.555. The van der Waals surface area contributed by atoms with Crippen LogP contribution in [0.2, 0.25) is 5.02 Å². The highest BCUT2D eigenvalue weighted by molar-refractivity contribution is 6.30. The molecule has 0 atom stereocenters. The molecule has 0 saturated carbocycles. The van der Waals surface area contributed by atoms with Gasteiger partial charge in [0.1, 0.15) is 5.69 Å². The molecule has 2 aromatic heterocycles. The number of para-hydroxylation sites is 1. The standard InChI is InChI=1S/C17H12ClN5O2/c18-11-7-5-10(6-8-11)9-14-16(25)22(19)17-20-13-4-2-1-3-12(13)15(24)23(17)21-14/h1-8H,9,19H2. The summed E-state index contributed by atoms with van der Waals surface area (Å²) >= 11 is 5.87. The highest BCUT2D eigenvalue weighted by atomic mass is 35.5. The Morgan fingerprint density at radius 1 is 1.00 bits per heavy atom. The Labute approximate surface area is 145 Å². The van der Waals surface area contributed by atoms with E-state index < -0.39 is 5.56 Å². The predicted octanol–water partition coefficient (Wildman–Crippen LogP) is 1.36. The Morgan fingerprint density at radius 3 is 2.48 bits per heavy atom. The Morgan fingerprint density at radius 2 is 1.72 bits per heavy atom. The van der Waals surface area contributed by atoms with Gasteiger partial charge in [0.2, 0.25) is 0 Å². The maximum Gasteiger partial charge on any atom is 0.295 e. The normalized spacial score (nSPS) is 11.2. The Bertz CT molecular complexity index is 1230. The van der Waals surface area contributed by atoms with Crippen LogP contribution >= 0.6 is 11.6 Å². The quantitative estimate of drug-likeness (QED) is 0.433. The SMILES string of the molecule is Nn1c(=O)c(Cc2ccc(Cl)cc2)nn2c(=O)c3ccccc3nc12. The molecule has 0 saturated heterocycles. The van der Waals surface area contributed by atoms with Crippen molar-refractivity contribution in [1.29, 1.82) is 0 Å². The van der Waals surface area contributed by atoms with Gasteiger partial charge < -0.3 is 5.84 Å². The number of nitrogens with zero attached hydrogens (tertiary/aromatic N) is 4. The van der Waals surface area contributed by atoms with Gasteiger partial charge in [0.05, 0.1) is 10.9 Å². The molecule has 124 valence electrons. The largest absolute Gasteiger partial charge is 0.333 e. The second-order valence-corrected chi connectivity index (χ2v) is 6.01. The fraction of sp³-hybridized carbons (Fsp3) is 0.0588. The van der Waals surface area contributed by atoms with Gasteiger partial charge in [0.15, 0.2) is 0 Å². The van der Waals surface area contributed by atoms with Gasteiger partial charge in [-0.1, -0.05) is 35.9 Å². The first-order valence-electron chi connectivity index (χ1n) is 7.48. The Hall–Kier alpha value is -3.19. The molecule has 2 aromatic carbocycles. The van der Waals surface area contributed by atoms with Crippen LogP contribution in [0.3, 0.4) is 0 Å². The summed E-state index contributed by atoms with van der Waals surface area (Å²) in [5, 5.41) is 5.20. The lowest BCUT2D eigenvalue weighted by Crippen LogP contribution is -2.37. The molecule has 0 radical (unpaired) electrons. The van der Waals surface area contributed by atoms with Crippen molar-refractivity contribution in [3.63, 3.8) is 0 Å². The lowest BCUT2D eigenvalue weighted by atomic mass is 10.1. The molecular formula is C17H12ClN5O2. The lowest BCUT2D eigenvalue weighted by Gasteiger charge is -2.09. The zero-order valence-electron chi connectivity index (χ0n) is 12.9. The van der Waals surface area contributed by atoms with E-state index in [0.29, 0.717) is 15.9 Å². The molecule has 25 heavy (non-hydrogen) atoms. The van der Waals surface area contributed by atoms with E-state index in [1.165, 1.54) is 0 Å². The minimum absolute atomic E-state index is 0.00597. The molecule has 2 heterocycles. The van der Waals surface area contributed by atoms with Crippen molar-refractivity contribution >= 4 is 28.3 Å². The van der Waals surface area contributed by atoms with Crippen molar-refractivity contribution in [2.45, 2.75) is 6.42 Å². The number of hydrogen-bond donors (Lipinski definition) is 1. The van der Waals surface area contributed by atoms with Crippen molar-refractivity contribution in [2.75, 3.05) is 5.84 Å². The van der Waals surface area contributed by atoms with Crippen LogP contribution in [-0.4, -0.2) is 19.3 Å². The van der Waals surface area contributed by atoms with E-state index >= 15 is 0 Å². The molecule has 0 aliphatic rings. The van der Waals surface area contributed by atoms with Crippen LogP contribution in [0.25, 0.3) is 16.7 Å². The van der Waals surface area contributed by atoms with Crippen molar-refractivity contribution in [2.24, 2.45) is 0 Å². The van der Waals surface area contributed by atoms with Crippen LogP contribution in [-0.2, 0) is 6.42 Å². The second kappa shape index (κ2) is 5.71. The van der Waals surface area contributed by atoms with E-state index in [4.69, 9.17) is 17.4 Å². The zero-order chi connectivity index (χ0) is 17.6. The maximum atomic E-state index is 12.7. The van der Waals surface area contributed by atoms with E-state index in [1.54, 1.807) is 48.5 Å². The van der Waals surface area contributed by atoms with Gasteiger partial charge in [0.25, 0.3) is 16.9 Å². The number of hydrogen-bond acceptors (Lipinski definition) is 5. The lowest BCUT2D eigenvalue weighted by molar-refractivity contribution is 0.738. The molecule has 0 bridgehead atoms. The molecular weight excluding hydrogens is 342 g/mol. The minimum Gasteiger partial charge on any atom is -0.333 e. The topological polar surface area (TPSA) is 95.3 Å². The minimum atomic E-state index is -0.503. The third kappa shape index (κ3) is 2.54. The van der Waals surface area contributed by atoms with Crippen molar-refractivity contribution in [1.82, 2.24) is 19.3 Å². The first kappa shape index (κ1) is 15.3. The molecule has 0 fully saturated rings. The first-order valence-corrected chi connectivity index (χ1v) is 7.85. The number of aromatic nitrogens is 4. The predicted molar refractivity (Wildman–Crippen MR) is 95.4 cm³/mol. The van der Waals surface area contributed by atoms with Crippen LogP contribution < -0.4 is 17.0 Å². The van der Waals surface area contributed by atoms with Gasteiger partial charge in [-0.3, -0.25) is 9.59 Å². The van der Waals surface area contributed by atoms with Crippen molar-refractivity contribution in [3.8, 4) is 0 Å². The zero-order valence-corrected chi connectivity index (χ0v) is 13.6. The van der Waals surface area contributed by atoms with Gasteiger partial charge >= 0.3 is 0 Å². The van der Waals surface area contributed by atoms with E-state index in [9.17, 15) is 9.59 Å². The van der Waals surface area contributed by atoms with Crippen molar-refractivity contribution in [3.05, 3.63) is 85.5 Å². The van der Waals surface area contributed by atoms with Crippen LogP contribution in [0.15, 0.2) is 58.1 Å². The molecule has 7 nitrogen and oxygen atoms in total. The van der Waals surface area contributed by atoms with Gasteiger partial charge in [-0.05, 0) is 29.8 Å². The van der Waals surface area contributed by atoms with E-state index in [0.717, 1.165) is 14.8 Å². The third-order valence-electron chi connectivity index (χ3n) is 3.92. The van der Waals surface area contributed by atoms with E-state index in [2.05, 4.69) is 10.1 Å². The highest BCUT2D eigenvalue weighted by Gasteiger charge is 2.14. The van der Waals surface area contributed by atoms with Crippen molar-refractivity contribution < 1.29 is 0 Å². The highest BCUT2D eigenvalue weighted by Crippen LogP contribution is 2.12. The molecule has 0 amide bonds. The van der Waals surface area contributed by atoms with Gasteiger partial charge in [-0.15, -0.1) is 0 Å². The van der Waals surface area contributed by atoms with Crippen LogP contribution in [0.4, 0.5) is 0 Å². The number of fused-ring (bicyclic) bond motifs is 2. The Kier molecular flexibility index (Phi) is 3.51. The Balaban J connectivity index is 1.97. The average Bonchev–Trinajstić information content (AvgIpc) is 2.62. The molecule has 4 rings (SSSR count). The van der Waals surface area contributed by atoms with E-state index in [1.807, 2.05) is 0 Å². The molecule has 0 spiro atoms. The number of rotatable bonds is 2. The van der Waals surface area contributed by atoms with Gasteiger partial charge in [0, 0.05) is 11.4 Å². The summed E-state index contributed by atoms with van der Waals surface area (Å²) in [5.74, 6) is 5.87. The summed E-state index contributed by atoms with van der Waals surface area (Å²) in [6, 6.07) is 13.9. The summed E-state index contributed by atoms with van der Waals surface area (Å²) in [6.07, 6.45) is 0.225. The smallest absolute Gasteiger partial charge is 0.295 e. The first-order chi connectivity index (χ1) is 12.0. The third-order valence-corrected chi connectivity index (χ3v) is 4.18. The number of nitrogens with two attached hydrogens (primary N) is 1. The maximum absolute atomic E-state index is 12.7. The molecule has 0 aliphatic heterocycles. The molecule has 2 N–H and O–H groups in total.